The molecule has 0 radical (unpaired) electrons. The average Bonchev–Trinajstić information content (AvgIpc) is 2.36. The van der Waals surface area contributed by atoms with Crippen LogP contribution in [0.15, 0.2) is 18.3 Å². The van der Waals surface area contributed by atoms with Crippen molar-refractivity contribution < 1.29 is 4.79 Å². The molecular formula is C15H25N3O. The summed E-state index contributed by atoms with van der Waals surface area (Å²) in [6.07, 6.45) is 6.75. The van der Waals surface area contributed by atoms with Gasteiger partial charge in [-0.25, -0.2) is 4.98 Å². The number of carbonyl (C=O) groups is 1. The molecule has 0 aliphatic carbocycles. The number of rotatable bonds is 8. The Bertz CT molecular complexity index is 373. The molecule has 0 aromatic carbocycles. The molecular weight excluding hydrogens is 238 g/mol. The minimum absolute atomic E-state index is 0.0717. The largest absolute Gasteiger partial charge is 0.368 e. The van der Waals surface area contributed by atoms with Crippen molar-refractivity contribution in [2.75, 3.05) is 10.6 Å². The molecule has 0 saturated heterocycles. The molecule has 0 spiro atoms. The summed E-state index contributed by atoms with van der Waals surface area (Å²) in [6.45, 7) is 6.29. The van der Waals surface area contributed by atoms with Crippen LogP contribution in [-0.2, 0) is 4.79 Å². The molecule has 4 heteroatoms. The van der Waals surface area contributed by atoms with Crippen molar-refractivity contribution in [3.63, 3.8) is 0 Å². The van der Waals surface area contributed by atoms with E-state index >= 15 is 0 Å². The fraction of sp³-hybridized carbons (Fsp3) is 0.600. The van der Waals surface area contributed by atoms with E-state index in [-0.39, 0.29) is 5.91 Å². The number of aromatic nitrogens is 1. The minimum Gasteiger partial charge on any atom is -0.368 e. The normalized spacial score (nSPS) is 10.5. The van der Waals surface area contributed by atoms with Gasteiger partial charge in [0.2, 0.25) is 5.91 Å². The standard InChI is InChI=1S/C15H25N3O/c1-4-5-6-7-8-15(19)18-13-9-10-14(16-11-13)17-12(2)3/h9-12H,4-8H2,1-3H3,(H,16,17)(H,18,19). The number of anilines is 2. The molecule has 19 heavy (non-hydrogen) atoms. The van der Waals surface area contributed by atoms with Crippen molar-refractivity contribution in [1.82, 2.24) is 4.98 Å². The molecule has 0 unspecified atom stereocenters. The molecule has 0 bridgehead atoms. The second-order valence-corrected chi connectivity index (χ2v) is 5.09. The summed E-state index contributed by atoms with van der Waals surface area (Å²) >= 11 is 0. The Kier molecular flexibility index (Phi) is 6.93. The second kappa shape index (κ2) is 8.51. The molecule has 0 aliphatic rings. The van der Waals surface area contributed by atoms with Gasteiger partial charge < -0.3 is 10.6 Å². The third-order valence-electron chi connectivity index (χ3n) is 2.74. The lowest BCUT2D eigenvalue weighted by atomic mass is 10.1. The Morgan fingerprint density at radius 3 is 2.63 bits per heavy atom. The van der Waals surface area contributed by atoms with E-state index in [0.717, 1.165) is 24.3 Å². The highest BCUT2D eigenvalue weighted by Crippen LogP contribution is 2.11. The van der Waals surface area contributed by atoms with Gasteiger partial charge in [-0.1, -0.05) is 26.2 Å². The van der Waals surface area contributed by atoms with E-state index < -0.39 is 0 Å². The SMILES string of the molecule is CCCCCCC(=O)Nc1ccc(NC(C)C)nc1. The molecule has 4 nitrogen and oxygen atoms in total. The maximum absolute atomic E-state index is 11.7. The quantitative estimate of drug-likeness (QED) is 0.701. The Morgan fingerprint density at radius 2 is 2.05 bits per heavy atom. The van der Waals surface area contributed by atoms with E-state index in [9.17, 15) is 4.79 Å². The predicted molar refractivity (Wildman–Crippen MR) is 80.4 cm³/mol. The monoisotopic (exact) mass is 263 g/mol. The first-order chi connectivity index (χ1) is 9.11. The lowest BCUT2D eigenvalue weighted by Gasteiger charge is -2.10. The molecule has 1 aromatic heterocycles. The van der Waals surface area contributed by atoms with E-state index in [1.165, 1.54) is 12.8 Å². The third kappa shape index (κ3) is 6.79. The zero-order valence-corrected chi connectivity index (χ0v) is 12.2. The van der Waals surface area contributed by atoms with Gasteiger partial charge in [-0.3, -0.25) is 4.79 Å². The average molecular weight is 263 g/mol. The van der Waals surface area contributed by atoms with Gasteiger partial charge in [0, 0.05) is 12.5 Å². The summed E-state index contributed by atoms with van der Waals surface area (Å²) in [5.41, 5.74) is 0.759. The number of nitrogens with zero attached hydrogens (tertiary/aromatic N) is 1. The topological polar surface area (TPSA) is 54.0 Å². The van der Waals surface area contributed by atoms with Crippen molar-refractivity contribution in [3.8, 4) is 0 Å². The van der Waals surface area contributed by atoms with Crippen LogP contribution in [0.4, 0.5) is 11.5 Å². The van der Waals surface area contributed by atoms with Gasteiger partial charge in [-0.05, 0) is 32.4 Å². The van der Waals surface area contributed by atoms with Crippen molar-refractivity contribution in [3.05, 3.63) is 18.3 Å². The number of amides is 1. The van der Waals surface area contributed by atoms with Crippen molar-refractivity contribution in [2.24, 2.45) is 0 Å². The molecule has 1 rings (SSSR count). The summed E-state index contributed by atoms with van der Waals surface area (Å²) < 4.78 is 0. The molecule has 0 aliphatic heterocycles. The number of carbonyl (C=O) groups excluding carboxylic acids is 1. The van der Waals surface area contributed by atoms with Crippen LogP contribution in [0.3, 0.4) is 0 Å². The van der Waals surface area contributed by atoms with Crippen LogP contribution >= 0.6 is 0 Å². The molecule has 106 valence electrons. The highest BCUT2D eigenvalue weighted by molar-refractivity contribution is 5.90. The number of nitrogens with one attached hydrogen (secondary N) is 2. The summed E-state index contributed by atoms with van der Waals surface area (Å²) in [7, 11) is 0. The van der Waals surface area contributed by atoms with Crippen LogP contribution in [0, 0.1) is 0 Å². The number of unbranched alkanes of at least 4 members (excludes halogenated alkanes) is 3. The zero-order valence-electron chi connectivity index (χ0n) is 12.2. The number of pyridine rings is 1. The third-order valence-corrected chi connectivity index (χ3v) is 2.74. The van der Waals surface area contributed by atoms with Gasteiger partial charge in [0.25, 0.3) is 0 Å². The highest BCUT2D eigenvalue weighted by atomic mass is 16.1. The van der Waals surface area contributed by atoms with Crippen LogP contribution in [0.2, 0.25) is 0 Å². The summed E-state index contributed by atoms with van der Waals surface area (Å²) in [5, 5.41) is 6.08. The minimum atomic E-state index is 0.0717. The fourth-order valence-electron chi connectivity index (χ4n) is 1.78. The predicted octanol–water partition coefficient (Wildman–Crippen LogP) is 3.81. The molecule has 2 N–H and O–H groups in total. The summed E-state index contributed by atoms with van der Waals surface area (Å²) in [5.74, 6) is 0.901. The smallest absolute Gasteiger partial charge is 0.224 e. The lowest BCUT2D eigenvalue weighted by Crippen LogP contribution is -2.13. The van der Waals surface area contributed by atoms with E-state index in [2.05, 4.69) is 36.4 Å². The van der Waals surface area contributed by atoms with Crippen LogP contribution in [0.1, 0.15) is 52.9 Å². The van der Waals surface area contributed by atoms with Crippen molar-refractivity contribution in [2.45, 2.75) is 58.9 Å². The molecule has 1 aromatic rings. The second-order valence-electron chi connectivity index (χ2n) is 5.09. The molecule has 1 heterocycles. The number of hydrogen-bond donors (Lipinski definition) is 2. The Labute approximate surface area is 116 Å². The van der Waals surface area contributed by atoms with E-state index in [4.69, 9.17) is 0 Å². The molecule has 0 fully saturated rings. The van der Waals surface area contributed by atoms with Crippen LogP contribution in [0.5, 0.6) is 0 Å². The van der Waals surface area contributed by atoms with Crippen LogP contribution in [-0.4, -0.2) is 16.9 Å². The lowest BCUT2D eigenvalue weighted by molar-refractivity contribution is -0.116. The number of hydrogen-bond acceptors (Lipinski definition) is 3. The Balaban J connectivity index is 2.34. The molecule has 1 amide bonds. The van der Waals surface area contributed by atoms with Gasteiger partial charge in [0.15, 0.2) is 0 Å². The van der Waals surface area contributed by atoms with E-state index in [1.807, 2.05) is 12.1 Å². The van der Waals surface area contributed by atoms with Crippen molar-refractivity contribution >= 4 is 17.4 Å². The van der Waals surface area contributed by atoms with Gasteiger partial charge in [-0.2, -0.15) is 0 Å². The van der Waals surface area contributed by atoms with Gasteiger partial charge in [0.05, 0.1) is 11.9 Å². The van der Waals surface area contributed by atoms with E-state index in [1.54, 1.807) is 6.20 Å². The van der Waals surface area contributed by atoms with Gasteiger partial charge >= 0.3 is 0 Å². The van der Waals surface area contributed by atoms with Crippen molar-refractivity contribution in [1.29, 1.82) is 0 Å². The van der Waals surface area contributed by atoms with Gasteiger partial charge in [0.1, 0.15) is 5.82 Å². The first-order valence-electron chi connectivity index (χ1n) is 7.14. The Hall–Kier alpha value is -1.58. The first-order valence-corrected chi connectivity index (χ1v) is 7.14. The first kappa shape index (κ1) is 15.5. The molecule has 0 atom stereocenters. The Morgan fingerprint density at radius 1 is 1.26 bits per heavy atom. The fourth-order valence-corrected chi connectivity index (χ4v) is 1.78. The molecule has 0 saturated carbocycles. The summed E-state index contributed by atoms with van der Waals surface area (Å²) in [6, 6.07) is 4.11. The summed E-state index contributed by atoms with van der Waals surface area (Å²) in [4.78, 5) is 15.9. The maximum atomic E-state index is 11.7. The maximum Gasteiger partial charge on any atom is 0.224 e. The van der Waals surface area contributed by atoms with Crippen LogP contribution < -0.4 is 10.6 Å². The highest BCUT2D eigenvalue weighted by Gasteiger charge is 2.03. The zero-order chi connectivity index (χ0) is 14.1. The van der Waals surface area contributed by atoms with Gasteiger partial charge in [-0.15, -0.1) is 0 Å². The van der Waals surface area contributed by atoms with Crippen LogP contribution in [0.25, 0.3) is 0 Å². The van der Waals surface area contributed by atoms with E-state index in [0.29, 0.717) is 12.5 Å².